The zero-order valence-electron chi connectivity index (χ0n) is 12.2. The number of ether oxygens (including phenoxy) is 1. The Morgan fingerprint density at radius 3 is 2.85 bits per heavy atom. The quantitative estimate of drug-likeness (QED) is 0.918. The first kappa shape index (κ1) is 13.4. The van der Waals surface area contributed by atoms with Crippen molar-refractivity contribution in [1.82, 2.24) is 0 Å². The molecule has 1 atom stereocenters. The molecule has 108 valence electrons. The monoisotopic (exact) mass is 274 g/mol. The minimum absolute atomic E-state index is 0.0328. The van der Waals surface area contributed by atoms with Crippen LogP contribution in [0.2, 0.25) is 0 Å². The number of rotatable bonds is 3. The Morgan fingerprint density at radius 2 is 2.20 bits per heavy atom. The summed E-state index contributed by atoms with van der Waals surface area (Å²) in [4.78, 5) is 14.7. The van der Waals surface area contributed by atoms with Gasteiger partial charge in [0.05, 0.1) is 18.3 Å². The fourth-order valence-electron chi connectivity index (χ4n) is 3.13. The van der Waals surface area contributed by atoms with Crippen molar-refractivity contribution in [1.29, 1.82) is 0 Å². The highest BCUT2D eigenvalue weighted by molar-refractivity contribution is 6.02. The van der Waals surface area contributed by atoms with Crippen LogP contribution in [0.4, 0.5) is 5.69 Å². The summed E-state index contributed by atoms with van der Waals surface area (Å²) in [5, 5.41) is 0. The molecule has 1 saturated carbocycles. The van der Waals surface area contributed by atoms with Crippen LogP contribution in [-0.4, -0.2) is 25.1 Å². The van der Waals surface area contributed by atoms with E-state index in [4.69, 9.17) is 10.5 Å². The predicted molar refractivity (Wildman–Crippen MR) is 79.0 cm³/mol. The first-order chi connectivity index (χ1) is 9.55. The van der Waals surface area contributed by atoms with Crippen molar-refractivity contribution < 1.29 is 9.53 Å². The number of benzene rings is 1. The molecule has 0 aromatic heterocycles. The third kappa shape index (κ3) is 2.08. The van der Waals surface area contributed by atoms with Gasteiger partial charge in [0.25, 0.3) is 0 Å². The normalized spacial score (nSPS) is 21.1. The van der Waals surface area contributed by atoms with Crippen LogP contribution in [0.1, 0.15) is 31.7 Å². The van der Waals surface area contributed by atoms with E-state index in [1.807, 2.05) is 24.0 Å². The summed E-state index contributed by atoms with van der Waals surface area (Å²) >= 11 is 0. The Kier molecular flexibility index (Phi) is 3.21. The number of nitrogens with two attached hydrogens (primary N) is 1. The number of anilines is 1. The van der Waals surface area contributed by atoms with Crippen molar-refractivity contribution in [2.45, 2.75) is 38.1 Å². The standard InChI is InChI=1S/C16H22N2O2/c1-16(17,12-8-9-12)15(19)18-10-4-6-11-5-3-7-13(20-2)14(11)18/h3,5,7,12H,4,6,8-10,17H2,1-2H3. The Morgan fingerprint density at radius 1 is 1.45 bits per heavy atom. The number of amides is 1. The van der Waals surface area contributed by atoms with E-state index in [9.17, 15) is 4.79 Å². The van der Waals surface area contributed by atoms with E-state index in [1.54, 1.807) is 7.11 Å². The van der Waals surface area contributed by atoms with Crippen molar-refractivity contribution in [2.75, 3.05) is 18.6 Å². The Bertz CT molecular complexity index is 521. The van der Waals surface area contributed by atoms with E-state index in [0.29, 0.717) is 5.92 Å². The SMILES string of the molecule is COc1cccc2c1N(C(=O)C(C)(N)C1CC1)CCC2. The molecule has 4 heteroatoms. The highest BCUT2D eigenvalue weighted by atomic mass is 16.5. The number of methoxy groups -OCH3 is 1. The maximum Gasteiger partial charge on any atom is 0.247 e. The second-order valence-corrected chi connectivity index (χ2v) is 6.09. The van der Waals surface area contributed by atoms with E-state index in [2.05, 4.69) is 6.07 Å². The van der Waals surface area contributed by atoms with Crippen molar-refractivity contribution >= 4 is 11.6 Å². The molecule has 20 heavy (non-hydrogen) atoms. The lowest BCUT2D eigenvalue weighted by Crippen LogP contribution is -2.56. The molecule has 1 amide bonds. The van der Waals surface area contributed by atoms with E-state index >= 15 is 0 Å². The fraction of sp³-hybridized carbons (Fsp3) is 0.562. The minimum atomic E-state index is -0.755. The van der Waals surface area contributed by atoms with Gasteiger partial charge >= 0.3 is 0 Å². The topological polar surface area (TPSA) is 55.6 Å². The number of hydrogen-bond acceptors (Lipinski definition) is 3. The van der Waals surface area contributed by atoms with Gasteiger partial charge in [0, 0.05) is 6.54 Å². The van der Waals surface area contributed by atoms with E-state index in [-0.39, 0.29) is 5.91 Å². The van der Waals surface area contributed by atoms with Crippen LogP contribution >= 0.6 is 0 Å². The molecule has 0 bridgehead atoms. The minimum Gasteiger partial charge on any atom is -0.495 e. The zero-order chi connectivity index (χ0) is 14.3. The molecule has 1 fully saturated rings. The Labute approximate surface area is 119 Å². The number of hydrogen-bond donors (Lipinski definition) is 1. The van der Waals surface area contributed by atoms with Crippen LogP contribution in [0.25, 0.3) is 0 Å². The predicted octanol–water partition coefficient (Wildman–Crippen LogP) is 2.10. The van der Waals surface area contributed by atoms with Crippen LogP contribution in [0.5, 0.6) is 5.75 Å². The largest absolute Gasteiger partial charge is 0.495 e. The number of nitrogens with zero attached hydrogens (tertiary/aromatic N) is 1. The number of aryl methyl sites for hydroxylation is 1. The lowest BCUT2D eigenvalue weighted by Gasteiger charge is -2.36. The molecule has 2 aliphatic rings. The summed E-state index contributed by atoms with van der Waals surface area (Å²) in [7, 11) is 1.65. The lowest BCUT2D eigenvalue weighted by atomic mass is 9.92. The molecule has 0 spiro atoms. The second kappa shape index (κ2) is 4.77. The first-order valence-corrected chi connectivity index (χ1v) is 7.32. The van der Waals surface area contributed by atoms with Crippen LogP contribution in [0.3, 0.4) is 0 Å². The number of para-hydroxylation sites is 1. The van der Waals surface area contributed by atoms with Gasteiger partial charge < -0.3 is 15.4 Å². The molecule has 3 rings (SSSR count). The smallest absolute Gasteiger partial charge is 0.247 e. The van der Waals surface area contributed by atoms with Gasteiger partial charge in [0.2, 0.25) is 5.91 Å². The molecular formula is C16H22N2O2. The molecule has 0 radical (unpaired) electrons. The van der Waals surface area contributed by atoms with Crippen molar-refractivity contribution in [3.63, 3.8) is 0 Å². The van der Waals surface area contributed by atoms with Gasteiger partial charge in [0.1, 0.15) is 5.75 Å². The second-order valence-electron chi connectivity index (χ2n) is 6.09. The van der Waals surface area contributed by atoms with Crippen molar-refractivity contribution in [3.8, 4) is 5.75 Å². The maximum atomic E-state index is 12.9. The highest BCUT2D eigenvalue weighted by Crippen LogP contribution is 2.42. The van der Waals surface area contributed by atoms with Gasteiger partial charge in [-0.25, -0.2) is 0 Å². The average molecular weight is 274 g/mol. The molecule has 1 aliphatic heterocycles. The van der Waals surface area contributed by atoms with Gasteiger partial charge in [-0.15, -0.1) is 0 Å². The van der Waals surface area contributed by atoms with Gasteiger partial charge in [-0.1, -0.05) is 12.1 Å². The molecule has 1 unspecified atom stereocenters. The van der Waals surface area contributed by atoms with Gasteiger partial charge in [-0.05, 0) is 50.2 Å². The summed E-state index contributed by atoms with van der Waals surface area (Å²) in [6.45, 7) is 2.60. The molecule has 1 aromatic rings. The molecule has 2 N–H and O–H groups in total. The van der Waals surface area contributed by atoms with Crippen LogP contribution in [0.15, 0.2) is 18.2 Å². The Balaban J connectivity index is 1.99. The molecule has 4 nitrogen and oxygen atoms in total. The summed E-state index contributed by atoms with van der Waals surface area (Å²) in [5.74, 6) is 1.13. The summed E-state index contributed by atoms with van der Waals surface area (Å²) in [6.07, 6.45) is 4.09. The zero-order valence-corrected chi connectivity index (χ0v) is 12.2. The molecule has 1 aliphatic carbocycles. The van der Waals surface area contributed by atoms with E-state index in [0.717, 1.165) is 43.7 Å². The molecule has 1 heterocycles. The Hall–Kier alpha value is -1.55. The third-order valence-electron chi connectivity index (χ3n) is 4.53. The van der Waals surface area contributed by atoms with Crippen LogP contribution < -0.4 is 15.4 Å². The fourth-order valence-corrected chi connectivity index (χ4v) is 3.13. The summed E-state index contributed by atoms with van der Waals surface area (Å²) in [6, 6.07) is 5.96. The third-order valence-corrected chi connectivity index (χ3v) is 4.53. The van der Waals surface area contributed by atoms with Crippen LogP contribution in [-0.2, 0) is 11.2 Å². The van der Waals surface area contributed by atoms with E-state index < -0.39 is 5.54 Å². The maximum absolute atomic E-state index is 12.9. The molecule has 0 saturated heterocycles. The number of carbonyl (C=O) groups is 1. The van der Waals surface area contributed by atoms with Crippen LogP contribution in [0, 0.1) is 5.92 Å². The van der Waals surface area contributed by atoms with Crippen molar-refractivity contribution in [2.24, 2.45) is 11.7 Å². The lowest BCUT2D eigenvalue weighted by molar-refractivity contribution is -0.124. The number of carbonyl (C=O) groups excluding carboxylic acids is 1. The average Bonchev–Trinajstić information content (AvgIpc) is 3.30. The van der Waals surface area contributed by atoms with E-state index in [1.165, 1.54) is 5.56 Å². The molecule has 1 aromatic carbocycles. The van der Waals surface area contributed by atoms with Gasteiger partial charge in [-0.3, -0.25) is 4.79 Å². The van der Waals surface area contributed by atoms with Gasteiger partial charge in [-0.2, -0.15) is 0 Å². The molecular weight excluding hydrogens is 252 g/mol. The van der Waals surface area contributed by atoms with Crippen molar-refractivity contribution in [3.05, 3.63) is 23.8 Å². The summed E-state index contributed by atoms with van der Waals surface area (Å²) in [5.41, 5.74) is 7.65. The number of fused-ring (bicyclic) bond motifs is 1. The van der Waals surface area contributed by atoms with Gasteiger partial charge in [0.15, 0.2) is 0 Å². The summed E-state index contributed by atoms with van der Waals surface area (Å²) < 4.78 is 5.45. The first-order valence-electron chi connectivity index (χ1n) is 7.32. The highest BCUT2D eigenvalue weighted by Gasteiger charge is 2.47.